The summed E-state index contributed by atoms with van der Waals surface area (Å²) in [6, 6.07) is 7.07. The monoisotopic (exact) mass is 400 g/mol. The van der Waals surface area contributed by atoms with Crippen LogP contribution in [0.15, 0.2) is 28.8 Å². The van der Waals surface area contributed by atoms with Gasteiger partial charge in [0, 0.05) is 12.1 Å². The lowest BCUT2D eigenvalue weighted by Crippen LogP contribution is -2.49. The molecule has 7 nitrogen and oxygen atoms in total. The molecule has 2 atom stereocenters. The summed E-state index contributed by atoms with van der Waals surface area (Å²) in [6.07, 6.45) is 3.08. The minimum atomic E-state index is -0.543. The quantitative estimate of drug-likeness (QED) is 0.686. The fourth-order valence-electron chi connectivity index (χ4n) is 3.77. The highest BCUT2D eigenvalue weighted by Crippen LogP contribution is 2.23. The van der Waals surface area contributed by atoms with Crippen LogP contribution in [0.4, 0.5) is 0 Å². The van der Waals surface area contributed by atoms with Crippen LogP contribution in [0, 0.1) is 13.8 Å². The fraction of sp³-hybridized carbons (Fsp3) is 0.500. The van der Waals surface area contributed by atoms with Crippen LogP contribution in [0.1, 0.15) is 60.5 Å². The van der Waals surface area contributed by atoms with Crippen molar-refractivity contribution in [2.75, 3.05) is 6.61 Å². The number of esters is 1. The van der Waals surface area contributed by atoms with Crippen molar-refractivity contribution >= 4 is 11.9 Å². The van der Waals surface area contributed by atoms with Crippen molar-refractivity contribution in [3.63, 3.8) is 0 Å². The summed E-state index contributed by atoms with van der Waals surface area (Å²) in [7, 11) is 0. The maximum Gasteiger partial charge on any atom is 0.338 e. The van der Waals surface area contributed by atoms with E-state index in [2.05, 4.69) is 5.16 Å². The Balaban J connectivity index is 1.57. The number of hydrogen-bond acceptors (Lipinski definition) is 6. The van der Waals surface area contributed by atoms with Gasteiger partial charge in [0.1, 0.15) is 18.1 Å². The van der Waals surface area contributed by atoms with Gasteiger partial charge in [-0.25, -0.2) is 4.79 Å². The number of benzene rings is 1. The van der Waals surface area contributed by atoms with Gasteiger partial charge in [-0.2, -0.15) is 0 Å². The van der Waals surface area contributed by atoms with Gasteiger partial charge in [0.25, 0.3) is 5.91 Å². The van der Waals surface area contributed by atoms with Gasteiger partial charge in [-0.1, -0.05) is 11.2 Å². The molecular formula is C22H28N2O5. The zero-order chi connectivity index (χ0) is 21.0. The minimum absolute atomic E-state index is 0.149. The van der Waals surface area contributed by atoms with Gasteiger partial charge in [-0.3, -0.25) is 4.79 Å². The second-order valence-electron chi connectivity index (χ2n) is 7.63. The van der Waals surface area contributed by atoms with Gasteiger partial charge >= 0.3 is 5.97 Å². The van der Waals surface area contributed by atoms with E-state index in [0.717, 1.165) is 30.5 Å². The number of nitrogens with zero attached hydrogens (tertiary/aromatic N) is 2. The van der Waals surface area contributed by atoms with Crippen molar-refractivity contribution < 1.29 is 23.6 Å². The second-order valence-corrected chi connectivity index (χ2v) is 7.63. The van der Waals surface area contributed by atoms with Gasteiger partial charge in [-0.05, 0) is 65.2 Å². The molecule has 2 heterocycles. The standard InChI is InChI=1S/C22H28N2O5/c1-14-7-5-8-15(2)24(14)21(25)13-28-22(26)18-9-6-10-19(11-18)27-12-20-16(3)23-29-17(20)4/h6,9-11,14-15H,5,7-8,12-13H2,1-4H3/t14-,15-/m1/s1. The first-order chi connectivity index (χ1) is 13.9. The van der Waals surface area contributed by atoms with E-state index in [1.807, 2.05) is 32.6 Å². The normalized spacial score (nSPS) is 19.1. The number of likely N-dealkylation sites (tertiary alicyclic amines) is 1. The predicted octanol–water partition coefficient (Wildman–Crippen LogP) is 3.82. The van der Waals surface area contributed by atoms with Crippen molar-refractivity contribution in [1.29, 1.82) is 0 Å². The summed E-state index contributed by atoms with van der Waals surface area (Å²) >= 11 is 0. The number of piperidine rings is 1. The molecule has 0 spiro atoms. The van der Waals surface area contributed by atoms with E-state index in [1.54, 1.807) is 24.3 Å². The first-order valence-corrected chi connectivity index (χ1v) is 9.99. The van der Waals surface area contributed by atoms with Gasteiger partial charge < -0.3 is 18.9 Å². The van der Waals surface area contributed by atoms with E-state index in [-0.39, 0.29) is 24.6 Å². The maximum absolute atomic E-state index is 12.5. The lowest BCUT2D eigenvalue weighted by atomic mass is 9.97. The molecule has 2 aromatic rings. The Labute approximate surface area is 171 Å². The summed E-state index contributed by atoms with van der Waals surface area (Å²) in [5.74, 6) is 0.545. The Kier molecular flexibility index (Phi) is 6.56. The third-order valence-electron chi connectivity index (χ3n) is 5.44. The number of amides is 1. The van der Waals surface area contributed by atoms with E-state index in [0.29, 0.717) is 23.7 Å². The topological polar surface area (TPSA) is 81.9 Å². The molecule has 0 radical (unpaired) electrons. The zero-order valence-corrected chi connectivity index (χ0v) is 17.4. The van der Waals surface area contributed by atoms with Crippen molar-refractivity contribution in [3.05, 3.63) is 46.8 Å². The van der Waals surface area contributed by atoms with Crippen molar-refractivity contribution in [2.24, 2.45) is 0 Å². The van der Waals surface area contributed by atoms with Crippen LogP contribution in [0.25, 0.3) is 0 Å². The maximum atomic E-state index is 12.5. The Morgan fingerprint density at radius 2 is 1.93 bits per heavy atom. The third-order valence-corrected chi connectivity index (χ3v) is 5.44. The van der Waals surface area contributed by atoms with Crippen molar-refractivity contribution in [3.8, 4) is 5.75 Å². The van der Waals surface area contributed by atoms with Gasteiger partial charge in [0.05, 0.1) is 16.8 Å². The SMILES string of the molecule is Cc1noc(C)c1COc1cccc(C(=O)OCC(=O)N2[C@H](C)CCC[C@H]2C)c1. The molecule has 1 aromatic heterocycles. The van der Waals surface area contributed by atoms with E-state index in [1.165, 1.54) is 0 Å². The fourth-order valence-corrected chi connectivity index (χ4v) is 3.77. The smallest absolute Gasteiger partial charge is 0.338 e. The average molecular weight is 400 g/mol. The average Bonchev–Trinajstić information content (AvgIpc) is 3.02. The summed E-state index contributed by atoms with van der Waals surface area (Å²) in [5, 5.41) is 3.90. The first kappa shape index (κ1) is 20.9. The van der Waals surface area contributed by atoms with Crippen molar-refractivity contribution in [1.82, 2.24) is 10.1 Å². The molecule has 1 amide bonds. The second kappa shape index (κ2) is 9.11. The number of aryl methyl sites for hydroxylation is 2. The molecule has 29 heavy (non-hydrogen) atoms. The summed E-state index contributed by atoms with van der Waals surface area (Å²) in [4.78, 5) is 26.8. The molecule has 1 aliphatic heterocycles. The molecule has 0 N–H and O–H groups in total. The predicted molar refractivity (Wildman–Crippen MR) is 107 cm³/mol. The van der Waals surface area contributed by atoms with Crippen LogP contribution in [-0.2, 0) is 16.1 Å². The summed E-state index contributed by atoms with van der Waals surface area (Å²) in [6.45, 7) is 7.79. The molecule has 0 aliphatic carbocycles. The third kappa shape index (κ3) is 4.96. The number of rotatable bonds is 6. The molecule has 7 heteroatoms. The number of aromatic nitrogens is 1. The molecule has 0 bridgehead atoms. The highest BCUT2D eigenvalue weighted by molar-refractivity contribution is 5.91. The van der Waals surface area contributed by atoms with Gasteiger partial charge in [0.15, 0.2) is 6.61 Å². The van der Waals surface area contributed by atoms with E-state index in [4.69, 9.17) is 14.0 Å². The molecule has 156 valence electrons. The molecule has 0 saturated carbocycles. The largest absolute Gasteiger partial charge is 0.489 e. The molecular weight excluding hydrogens is 372 g/mol. The van der Waals surface area contributed by atoms with Crippen LogP contribution in [0.2, 0.25) is 0 Å². The lowest BCUT2D eigenvalue weighted by molar-refractivity contribution is -0.140. The van der Waals surface area contributed by atoms with Crippen LogP contribution in [-0.4, -0.2) is 40.6 Å². The first-order valence-electron chi connectivity index (χ1n) is 9.99. The van der Waals surface area contributed by atoms with Crippen molar-refractivity contribution in [2.45, 2.75) is 65.6 Å². The number of carbonyl (C=O) groups excluding carboxylic acids is 2. The van der Waals surface area contributed by atoms with E-state index in [9.17, 15) is 9.59 Å². The number of carbonyl (C=O) groups is 2. The summed E-state index contributed by atoms with van der Waals surface area (Å²) < 4.78 is 16.2. The van der Waals surface area contributed by atoms with Crippen LogP contribution >= 0.6 is 0 Å². The highest BCUT2D eigenvalue weighted by atomic mass is 16.5. The molecule has 3 rings (SSSR count). The zero-order valence-electron chi connectivity index (χ0n) is 17.4. The Morgan fingerprint density at radius 1 is 1.21 bits per heavy atom. The van der Waals surface area contributed by atoms with Gasteiger partial charge in [-0.15, -0.1) is 0 Å². The van der Waals surface area contributed by atoms with Gasteiger partial charge in [0.2, 0.25) is 0 Å². The molecule has 1 fully saturated rings. The molecule has 1 saturated heterocycles. The number of ether oxygens (including phenoxy) is 2. The van der Waals surface area contributed by atoms with E-state index >= 15 is 0 Å². The molecule has 1 aliphatic rings. The van der Waals surface area contributed by atoms with Crippen LogP contribution in [0.5, 0.6) is 5.75 Å². The van der Waals surface area contributed by atoms with E-state index < -0.39 is 5.97 Å². The Bertz CT molecular complexity index is 846. The molecule has 0 unspecified atom stereocenters. The lowest BCUT2D eigenvalue weighted by Gasteiger charge is -2.38. The molecule has 1 aromatic carbocycles. The number of hydrogen-bond donors (Lipinski definition) is 0. The van der Waals surface area contributed by atoms with Crippen LogP contribution in [0.3, 0.4) is 0 Å². The Morgan fingerprint density at radius 3 is 2.59 bits per heavy atom. The highest BCUT2D eigenvalue weighted by Gasteiger charge is 2.29. The summed E-state index contributed by atoms with van der Waals surface area (Å²) in [5.41, 5.74) is 2.00. The minimum Gasteiger partial charge on any atom is -0.489 e. The van der Waals surface area contributed by atoms with Crippen LogP contribution < -0.4 is 4.74 Å². The Hall–Kier alpha value is -2.83.